The summed E-state index contributed by atoms with van der Waals surface area (Å²) in [5.74, 6) is -0.0205. The Labute approximate surface area is 79.9 Å². The van der Waals surface area contributed by atoms with Crippen LogP contribution in [-0.4, -0.2) is 39.4 Å². The van der Waals surface area contributed by atoms with Gasteiger partial charge in [0.15, 0.2) is 11.4 Å². The number of Topliss-reactive ketones (excluding diaryl/α,β-unsaturated/α-hetero) is 1. The summed E-state index contributed by atoms with van der Waals surface area (Å²) in [6.45, 7) is 0.284. The molecule has 0 bridgehead atoms. The van der Waals surface area contributed by atoms with Crippen LogP contribution >= 0.6 is 0 Å². The molecule has 1 N–H and O–H groups in total. The largest absolute Gasteiger partial charge is 0.313 e. The number of hydrogen-bond acceptors (Lipinski definition) is 5. The van der Waals surface area contributed by atoms with Gasteiger partial charge in [0.05, 0.1) is 12.1 Å². The maximum absolute atomic E-state index is 11.6. The van der Waals surface area contributed by atoms with Crippen molar-refractivity contribution in [2.24, 2.45) is 0 Å². The number of rotatable bonds is 3. The summed E-state index contributed by atoms with van der Waals surface area (Å²) in [5, 5.41) is 13.8. The molecule has 0 aliphatic carbocycles. The quantitative estimate of drug-likeness (QED) is 0.664. The predicted molar refractivity (Wildman–Crippen MR) is 49.0 cm³/mol. The van der Waals surface area contributed by atoms with Crippen molar-refractivity contribution in [3.63, 3.8) is 0 Å². The average molecular weight is 191 g/mol. The van der Waals surface area contributed by atoms with Gasteiger partial charge in [-0.2, -0.15) is 4.52 Å². The van der Waals surface area contributed by atoms with Crippen molar-refractivity contribution in [1.82, 2.24) is 25.4 Å². The number of nitrogens with one attached hydrogen (secondary N) is 1. The van der Waals surface area contributed by atoms with Gasteiger partial charge in [-0.1, -0.05) is 0 Å². The molecule has 2 aromatic heterocycles. The highest BCUT2D eigenvalue weighted by Gasteiger charge is 2.11. The molecule has 0 saturated heterocycles. The molecule has 2 rings (SSSR count). The molecular formula is C8H9N5O. The maximum atomic E-state index is 11.6. The van der Waals surface area contributed by atoms with E-state index in [0.29, 0.717) is 11.2 Å². The summed E-state index contributed by atoms with van der Waals surface area (Å²) in [6.07, 6.45) is 1.70. The van der Waals surface area contributed by atoms with E-state index in [1.54, 1.807) is 25.4 Å². The Morgan fingerprint density at radius 1 is 1.64 bits per heavy atom. The Kier molecular flexibility index (Phi) is 2.19. The zero-order valence-electron chi connectivity index (χ0n) is 7.64. The first-order chi connectivity index (χ1) is 6.83. The molecule has 0 unspecified atom stereocenters. The third-order valence-corrected chi connectivity index (χ3v) is 1.86. The number of ketones is 1. The number of fused-ring (bicyclic) bond motifs is 1. The molecule has 14 heavy (non-hydrogen) atoms. The van der Waals surface area contributed by atoms with Crippen LogP contribution in [-0.2, 0) is 0 Å². The van der Waals surface area contributed by atoms with Crippen LogP contribution in [0.3, 0.4) is 0 Å². The fourth-order valence-electron chi connectivity index (χ4n) is 1.24. The van der Waals surface area contributed by atoms with Crippen LogP contribution < -0.4 is 5.32 Å². The van der Waals surface area contributed by atoms with Crippen molar-refractivity contribution < 1.29 is 4.79 Å². The molecule has 0 aliphatic rings. The molecule has 72 valence electrons. The molecule has 0 aliphatic heterocycles. The number of aromatic nitrogens is 4. The van der Waals surface area contributed by atoms with Crippen LogP contribution in [0.15, 0.2) is 18.3 Å². The Balaban J connectivity index is 2.50. The van der Waals surface area contributed by atoms with E-state index in [-0.39, 0.29) is 12.3 Å². The van der Waals surface area contributed by atoms with E-state index >= 15 is 0 Å². The third kappa shape index (κ3) is 1.35. The highest BCUT2D eigenvalue weighted by Crippen LogP contribution is 2.06. The van der Waals surface area contributed by atoms with Gasteiger partial charge in [0, 0.05) is 6.20 Å². The highest BCUT2D eigenvalue weighted by molar-refractivity contribution is 6.02. The zero-order chi connectivity index (χ0) is 9.97. The minimum absolute atomic E-state index is 0.0205. The first kappa shape index (κ1) is 8.76. The SMILES string of the molecule is CNCC(=O)c1cccn2nnnc12. The molecule has 0 radical (unpaired) electrons. The van der Waals surface area contributed by atoms with Crippen molar-refractivity contribution in [3.05, 3.63) is 23.9 Å². The van der Waals surface area contributed by atoms with Crippen molar-refractivity contribution in [1.29, 1.82) is 0 Å². The van der Waals surface area contributed by atoms with Crippen molar-refractivity contribution in [2.75, 3.05) is 13.6 Å². The first-order valence-corrected chi connectivity index (χ1v) is 4.17. The topological polar surface area (TPSA) is 72.2 Å². The van der Waals surface area contributed by atoms with Gasteiger partial charge in [-0.3, -0.25) is 4.79 Å². The fraction of sp³-hybridized carbons (Fsp3) is 0.250. The minimum Gasteiger partial charge on any atom is -0.313 e. The van der Waals surface area contributed by atoms with E-state index in [0.717, 1.165) is 0 Å². The average Bonchev–Trinajstić information content (AvgIpc) is 2.65. The normalized spacial score (nSPS) is 10.6. The Morgan fingerprint density at radius 3 is 3.29 bits per heavy atom. The molecule has 2 aromatic rings. The van der Waals surface area contributed by atoms with Crippen LogP contribution in [0.4, 0.5) is 0 Å². The standard InChI is InChI=1S/C8H9N5O/c1-9-5-7(14)6-3-2-4-13-8(6)10-11-12-13/h2-4,9H,5H2,1H3. The van der Waals surface area contributed by atoms with Crippen molar-refractivity contribution >= 4 is 11.4 Å². The molecule has 0 fully saturated rings. The smallest absolute Gasteiger partial charge is 0.190 e. The molecule has 2 heterocycles. The molecule has 0 atom stereocenters. The summed E-state index contributed by atoms with van der Waals surface area (Å²) in [7, 11) is 1.72. The molecule has 6 nitrogen and oxygen atoms in total. The lowest BCUT2D eigenvalue weighted by Gasteiger charge is -1.99. The minimum atomic E-state index is -0.0205. The van der Waals surface area contributed by atoms with Crippen LogP contribution in [0.25, 0.3) is 5.65 Å². The van der Waals surface area contributed by atoms with E-state index < -0.39 is 0 Å². The van der Waals surface area contributed by atoms with Crippen molar-refractivity contribution in [3.8, 4) is 0 Å². The third-order valence-electron chi connectivity index (χ3n) is 1.86. The fourth-order valence-corrected chi connectivity index (χ4v) is 1.24. The Morgan fingerprint density at radius 2 is 2.50 bits per heavy atom. The van der Waals surface area contributed by atoms with Gasteiger partial charge in [-0.15, -0.1) is 5.10 Å². The summed E-state index contributed by atoms with van der Waals surface area (Å²) in [6, 6.07) is 3.46. The molecule has 0 aromatic carbocycles. The zero-order valence-corrected chi connectivity index (χ0v) is 7.64. The van der Waals surface area contributed by atoms with E-state index in [2.05, 4.69) is 20.8 Å². The molecule has 0 amide bonds. The lowest BCUT2D eigenvalue weighted by Crippen LogP contribution is -2.19. The van der Waals surface area contributed by atoms with Gasteiger partial charge >= 0.3 is 0 Å². The van der Waals surface area contributed by atoms with Crippen molar-refractivity contribution in [2.45, 2.75) is 0 Å². The molecular weight excluding hydrogens is 182 g/mol. The van der Waals surface area contributed by atoms with E-state index in [9.17, 15) is 4.79 Å². The number of likely N-dealkylation sites (N-methyl/N-ethyl adjacent to an activating group) is 1. The van der Waals surface area contributed by atoms with E-state index in [1.165, 1.54) is 4.52 Å². The molecule has 0 saturated carbocycles. The summed E-state index contributed by atoms with van der Waals surface area (Å²) < 4.78 is 1.48. The number of carbonyl (C=O) groups is 1. The lowest BCUT2D eigenvalue weighted by atomic mass is 10.2. The first-order valence-electron chi connectivity index (χ1n) is 4.17. The monoisotopic (exact) mass is 191 g/mol. The van der Waals surface area contributed by atoms with Gasteiger partial charge in [-0.25, -0.2) is 0 Å². The number of tetrazole rings is 1. The number of nitrogens with zero attached hydrogens (tertiary/aromatic N) is 4. The Bertz CT molecular complexity index is 463. The van der Waals surface area contributed by atoms with E-state index in [4.69, 9.17) is 0 Å². The van der Waals surface area contributed by atoms with Gasteiger partial charge in [0.25, 0.3) is 0 Å². The second kappa shape index (κ2) is 3.51. The summed E-state index contributed by atoms with van der Waals surface area (Å²) in [4.78, 5) is 11.6. The van der Waals surface area contributed by atoms with Gasteiger partial charge < -0.3 is 5.32 Å². The Hall–Kier alpha value is -1.82. The maximum Gasteiger partial charge on any atom is 0.190 e. The van der Waals surface area contributed by atoms with Crippen LogP contribution in [0.2, 0.25) is 0 Å². The van der Waals surface area contributed by atoms with Gasteiger partial charge in [0.1, 0.15) is 0 Å². The number of carbonyl (C=O) groups excluding carboxylic acids is 1. The van der Waals surface area contributed by atoms with Crippen LogP contribution in [0.5, 0.6) is 0 Å². The van der Waals surface area contributed by atoms with Gasteiger partial charge in [0.2, 0.25) is 0 Å². The van der Waals surface area contributed by atoms with Gasteiger partial charge in [-0.05, 0) is 29.6 Å². The van der Waals surface area contributed by atoms with Crippen LogP contribution in [0, 0.1) is 0 Å². The molecule has 6 heteroatoms. The lowest BCUT2D eigenvalue weighted by molar-refractivity contribution is 0.0994. The highest BCUT2D eigenvalue weighted by atomic mass is 16.1. The van der Waals surface area contributed by atoms with Crippen LogP contribution in [0.1, 0.15) is 10.4 Å². The molecule has 0 spiro atoms. The number of pyridine rings is 1. The number of hydrogen-bond donors (Lipinski definition) is 1. The van der Waals surface area contributed by atoms with E-state index in [1.807, 2.05) is 0 Å². The second-order valence-electron chi connectivity index (χ2n) is 2.82. The second-order valence-corrected chi connectivity index (χ2v) is 2.82. The summed E-state index contributed by atoms with van der Waals surface area (Å²) in [5.41, 5.74) is 1.03. The predicted octanol–water partition coefficient (Wildman–Crippen LogP) is -0.474. The summed E-state index contributed by atoms with van der Waals surface area (Å²) >= 11 is 0.